The topological polar surface area (TPSA) is 136 Å². The fraction of sp³-hybridized carbons (Fsp3) is 0.636. The van der Waals surface area contributed by atoms with Gasteiger partial charge in [-0.2, -0.15) is 0 Å². The van der Waals surface area contributed by atoms with Crippen LogP contribution in [0.5, 0.6) is 0 Å². The van der Waals surface area contributed by atoms with Crippen molar-refractivity contribution in [3.63, 3.8) is 0 Å². The molecule has 19 heavy (non-hydrogen) atoms. The molecule has 0 aliphatic carbocycles. The number of hydrogen-bond donors (Lipinski definition) is 5. The van der Waals surface area contributed by atoms with Crippen LogP contribution in [-0.4, -0.2) is 50.2 Å². The van der Waals surface area contributed by atoms with Gasteiger partial charge in [0.05, 0.1) is 12.2 Å². The van der Waals surface area contributed by atoms with Gasteiger partial charge in [0.1, 0.15) is 24.4 Å². The molecule has 1 fully saturated rings. The van der Waals surface area contributed by atoms with Crippen LogP contribution in [0.2, 0.25) is 0 Å². The first-order valence-corrected chi connectivity index (χ1v) is 5.99. The lowest BCUT2D eigenvalue weighted by atomic mass is 10.0. The van der Waals surface area contributed by atoms with E-state index in [1.54, 1.807) is 0 Å². The Hall–Kier alpha value is -1.48. The highest BCUT2D eigenvalue weighted by atomic mass is 16.6. The zero-order valence-corrected chi connectivity index (χ0v) is 10.7. The number of H-pyrrole nitrogens is 2. The Balaban J connectivity index is 0.000000861. The van der Waals surface area contributed by atoms with E-state index in [2.05, 4.69) is 4.98 Å². The summed E-state index contributed by atoms with van der Waals surface area (Å²) in [4.78, 5) is 26.5. The molecule has 0 spiro atoms. The number of aromatic amines is 2. The van der Waals surface area contributed by atoms with Gasteiger partial charge in [0, 0.05) is 6.20 Å². The van der Waals surface area contributed by atoms with Gasteiger partial charge in [-0.25, -0.2) is 4.79 Å². The maximum atomic E-state index is 11.5. The van der Waals surface area contributed by atoms with Crippen molar-refractivity contribution in [2.24, 2.45) is 0 Å². The Labute approximate surface area is 108 Å². The zero-order valence-electron chi connectivity index (χ0n) is 10.7. The van der Waals surface area contributed by atoms with E-state index in [1.807, 2.05) is 18.8 Å². The maximum Gasteiger partial charge on any atom is 0.325 e. The van der Waals surface area contributed by atoms with E-state index < -0.39 is 42.3 Å². The van der Waals surface area contributed by atoms with Crippen molar-refractivity contribution in [1.29, 1.82) is 0 Å². The van der Waals surface area contributed by atoms with Crippen LogP contribution < -0.4 is 11.2 Å². The quantitative estimate of drug-likeness (QED) is 0.433. The second kappa shape index (κ2) is 6.62. The van der Waals surface area contributed by atoms with Crippen molar-refractivity contribution in [1.82, 2.24) is 9.97 Å². The van der Waals surface area contributed by atoms with Crippen molar-refractivity contribution >= 4 is 0 Å². The molecule has 1 saturated heterocycles. The molecule has 1 aromatic heterocycles. The minimum atomic E-state index is -1.33. The second-order valence-corrected chi connectivity index (χ2v) is 3.79. The summed E-state index contributed by atoms with van der Waals surface area (Å²) in [5, 5.41) is 28.1. The molecule has 108 valence electrons. The summed E-state index contributed by atoms with van der Waals surface area (Å²) in [6.07, 6.45) is -3.54. The van der Waals surface area contributed by atoms with Gasteiger partial charge in [0.15, 0.2) is 0 Å². The molecule has 4 atom stereocenters. The average Bonchev–Trinajstić information content (AvgIpc) is 2.69. The lowest BCUT2D eigenvalue weighted by Crippen LogP contribution is -2.34. The van der Waals surface area contributed by atoms with E-state index in [0.29, 0.717) is 0 Å². The molecule has 8 nitrogen and oxygen atoms in total. The van der Waals surface area contributed by atoms with Crippen LogP contribution in [0.15, 0.2) is 15.8 Å². The van der Waals surface area contributed by atoms with Gasteiger partial charge in [-0.15, -0.1) is 0 Å². The minimum Gasteiger partial charge on any atom is -0.394 e. The maximum absolute atomic E-state index is 11.5. The Bertz CT molecular complexity index is 510. The summed E-state index contributed by atoms with van der Waals surface area (Å²) < 4.78 is 5.15. The predicted octanol–water partition coefficient (Wildman–Crippen LogP) is -1.76. The number of aliphatic hydroxyl groups is 3. The molecule has 2 rings (SSSR count). The lowest BCUT2D eigenvalue weighted by molar-refractivity contribution is -0.0232. The SMILES string of the molecule is CC.O=c1[nH]cc(C2OC(CO)C(O)C2O)c(=O)[nH]1. The molecule has 2 heterocycles. The fourth-order valence-electron chi connectivity index (χ4n) is 1.79. The molecule has 1 aromatic rings. The summed E-state index contributed by atoms with van der Waals surface area (Å²) in [5.41, 5.74) is -1.39. The summed E-state index contributed by atoms with van der Waals surface area (Å²) in [5.74, 6) is 0. The van der Waals surface area contributed by atoms with Gasteiger partial charge in [-0.05, 0) is 0 Å². The Morgan fingerprint density at radius 2 is 1.89 bits per heavy atom. The Kier molecular flexibility index (Phi) is 5.43. The summed E-state index contributed by atoms with van der Waals surface area (Å²) in [6, 6.07) is 0. The number of nitrogens with one attached hydrogen (secondary N) is 2. The summed E-state index contributed by atoms with van der Waals surface area (Å²) in [7, 11) is 0. The number of ether oxygens (including phenoxy) is 1. The first kappa shape index (κ1) is 15.6. The van der Waals surface area contributed by atoms with Crippen molar-refractivity contribution in [3.8, 4) is 0 Å². The molecule has 0 radical (unpaired) electrons. The Morgan fingerprint density at radius 3 is 2.37 bits per heavy atom. The van der Waals surface area contributed by atoms with Crippen LogP contribution >= 0.6 is 0 Å². The highest BCUT2D eigenvalue weighted by Crippen LogP contribution is 2.31. The molecule has 5 N–H and O–H groups in total. The molecule has 0 saturated carbocycles. The van der Waals surface area contributed by atoms with Crippen LogP contribution in [0.25, 0.3) is 0 Å². The number of aromatic nitrogens is 2. The standard InChI is InChI=1S/C9H12N2O6.C2H6/c12-2-4-5(13)6(14)7(17-4)3-1-10-9(16)11-8(3)15;1-2/h1,4-7,12-14H,2H2,(H2,10,11,15,16);1-2H3. The highest BCUT2D eigenvalue weighted by molar-refractivity contribution is 5.13. The lowest BCUT2D eigenvalue weighted by Gasteiger charge is -2.13. The normalized spacial score (nSPS) is 29.7. The van der Waals surface area contributed by atoms with E-state index in [-0.39, 0.29) is 5.56 Å². The second-order valence-electron chi connectivity index (χ2n) is 3.79. The molecule has 0 amide bonds. The van der Waals surface area contributed by atoms with Gasteiger partial charge in [0.2, 0.25) is 0 Å². The monoisotopic (exact) mass is 274 g/mol. The first-order valence-electron chi connectivity index (χ1n) is 5.99. The van der Waals surface area contributed by atoms with E-state index in [4.69, 9.17) is 9.84 Å². The van der Waals surface area contributed by atoms with Crippen molar-refractivity contribution in [2.75, 3.05) is 6.61 Å². The minimum absolute atomic E-state index is 0.00731. The van der Waals surface area contributed by atoms with Gasteiger partial charge < -0.3 is 25.0 Å². The van der Waals surface area contributed by atoms with Crippen LogP contribution in [0.1, 0.15) is 25.5 Å². The highest BCUT2D eigenvalue weighted by Gasteiger charge is 2.44. The third-order valence-corrected chi connectivity index (χ3v) is 2.70. The third kappa shape index (κ3) is 3.10. The van der Waals surface area contributed by atoms with Crippen LogP contribution in [-0.2, 0) is 4.74 Å². The van der Waals surface area contributed by atoms with Crippen LogP contribution in [0, 0.1) is 0 Å². The molecule has 1 aliphatic rings. The molecule has 0 bridgehead atoms. The van der Waals surface area contributed by atoms with Crippen LogP contribution in [0.4, 0.5) is 0 Å². The van der Waals surface area contributed by atoms with Crippen molar-refractivity contribution < 1.29 is 20.1 Å². The number of aliphatic hydroxyl groups excluding tert-OH is 3. The summed E-state index contributed by atoms with van der Waals surface area (Å²) >= 11 is 0. The van der Waals surface area contributed by atoms with Gasteiger partial charge >= 0.3 is 5.69 Å². The number of rotatable bonds is 2. The van der Waals surface area contributed by atoms with Gasteiger partial charge in [-0.3, -0.25) is 9.78 Å². The zero-order chi connectivity index (χ0) is 14.6. The van der Waals surface area contributed by atoms with Gasteiger partial charge in [-0.1, -0.05) is 13.8 Å². The van der Waals surface area contributed by atoms with Crippen molar-refractivity contribution in [2.45, 2.75) is 38.3 Å². The first-order chi connectivity index (χ1) is 9.04. The van der Waals surface area contributed by atoms with Gasteiger partial charge in [0.25, 0.3) is 5.56 Å². The largest absolute Gasteiger partial charge is 0.394 e. The average molecular weight is 274 g/mol. The van der Waals surface area contributed by atoms with E-state index >= 15 is 0 Å². The third-order valence-electron chi connectivity index (χ3n) is 2.70. The smallest absolute Gasteiger partial charge is 0.325 e. The van der Waals surface area contributed by atoms with E-state index in [1.165, 1.54) is 0 Å². The predicted molar refractivity (Wildman–Crippen MR) is 65.7 cm³/mol. The summed E-state index contributed by atoms with van der Waals surface area (Å²) in [6.45, 7) is 3.52. The van der Waals surface area contributed by atoms with Crippen LogP contribution in [0.3, 0.4) is 0 Å². The van der Waals surface area contributed by atoms with E-state index in [9.17, 15) is 19.8 Å². The molecule has 8 heteroatoms. The Morgan fingerprint density at radius 1 is 1.26 bits per heavy atom. The molecular formula is C11H18N2O6. The van der Waals surface area contributed by atoms with Crippen molar-refractivity contribution in [3.05, 3.63) is 32.6 Å². The fourth-order valence-corrected chi connectivity index (χ4v) is 1.79. The number of hydrogen-bond acceptors (Lipinski definition) is 6. The molecule has 1 aliphatic heterocycles. The molecule has 4 unspecified atom stereocenters. The van der Waals surface area contributed by atoms with E-state index in [0.717, 1.165) is 6.20 Å². The molecule has 0 aromatic carbocycles. The molecular weight excluding hydrogens is 256 g/mol.